The van der Waals surface area contributed by atoms with Gasteiger partial charge in [0.25, 0.3) is 0 Å². The van der Waals surface area contributed by atoms with Crippen LogP contribution in [0.3, 0.4) is 0 Å². The monoisotopic (exact) mass is 350 g/mol. The van der Waals surface area contributed by atoms with Gasteiger partial charge >= 0.3 is 0 Å². The first-order chi connectivity index (χ1) is 10.3. The molecule has 2 rings (SSSR count). The van der Waals surface area contributed by atoms with Crippen molar-refractivity contribution in [2.24, 2.45) is 0 Å². The molecule has 1 aromatic carbocycles. The molecule has 0 fully saturated rings. The first-order valence-corrected chi connectivity index (χ1v) is 7.64. The predicted octanol–water partition coefficient (Wildman–Crippen LogP) is 3.54. The van der Waals surface area contributed by atoms with Gasteiger partial charge in [-0.05, 0) is 31.2 Å². The molecule has 0 saturated carbocycles. The summed E-state index contributed by atoms with van der Waals surface area (Å²) in [6.45, 7) is 3.94. The number of hydrogen-bond acceptors (Lipinski definition) is 4. The third kappa shape index (κ3) is 4.19. The Bertz CT molecular complexity index is 576. The molecule has 0 saturated heterocycles. The van der Waals surface area contributed by atoms with E-state index in [4.69, 9.17) is 9.47 Å². The molecule has 0 atom stereocenters. The highest BCUT2D eigenvalue weighted by Gasteiger charge is 2.13. The third-order valence-corrected chi connectivity index (χ3v) is 3.75. The van der Waals surface area contributed by atoms with Gasteiger partial charge in [0.2, 0.25) is 0 Å². The number of halogens is 1. The van der Waals surface area contributed by atoms with Crippen molar-refractivity contribution >= 4 is 15.9 Å². The van der Waals surface area contributed by atoms with Crippen LogP contribution in [0.5, 0.6) is 11.5 Å². The smallest absolute Gasteiger partial charge is 0.166 e. The van der Waals surface area contributed by atoms with Crippen LogP contribution in [0.15, 0.2) is 41.0 Å². The molecule has 1 N–H and O–H groups in total. The van der Waals surface area contributed by atoms with Crippen LogP contribution in [0.1, 0.15) is 18.2 Å². The highest BCUT2D eigenvalue weighted by Crippen LogP contribution is 2.36. The quantitative estimate of drug-likeness (QED) is 0.829. The van der Waals surface area contributed by atoms with Crippen molar-refractivity contribution in [3.05, 3.63) is 52.3 Å². The largest absolute Gasteiger partial charge is 0.493 e. The second kappa shape index (κ2) is 8.00. The van der Waals surface area contributed by atoms with Crippen LogP contribution in [0, 0.1) is 0 Å². The zero-order valence-corrected chi connectivity index (χ0v) is 13.8. The van der Waals surface area contributed by atoms with Crippen LogP contribution in [0.25, 0.3) is 0 Å². The van der Waals surface area contributed by atoms with Gasteiger partial charge in [-0.2, -0.15) is 0 Å². The molecule has 5 heteroatoms. The lowest BCUT2D eigenvalue weighted by Gasteiger charge is -2.16. The Morgan fingerprint density at radius 3 is 2.71 bits per heavy atom. The molecule has 0 unspecified atom stereocenters. The topological polar surface area (TPSA) is 43.4 Å². The molecule has 0 spiro atoms. The zero-order chi connectivity index (χ0) is 15.1. The fraction of sp³-hybridized carbons (Fsp3) is 0.312. The van der Waals surface area contributed by atoms with Crippen LogP contribution >= 0.6 is 15.9 Å². The van der Waals surface area contributed by atoms with E-state index < -0.39 is 0 Å². The summed E-state index contributed by atoms with van der Waals surface area (Å²) in [4.78, 5) is 4.29. The minimum Gasteiger partial charge on any atom is -0.493 e. The van der Waals surface area contributed by atoms with Gasteiger partial charge in [-0.15, -0.1) is 0 Å². The Morgan fingerprint density at radius 1 is 1.19 bits per heavy atom. The molecule has 0 amide bonds. The summed E-state index contributed by atoms with van der Waals surface area (Å²) in [5.74, 6) is 1.53. The number of rotatable bonds is 7. The summed E-state index contributed by atoms with van der Waals surface area (Å²) in [6.07, 6.45) is 1.80. The van der Waals surface area contributed by atoms with Crippen molar-refractivity contribution in [1.82, 2.24) is 10.3 Å². The summed E-state index contributed by atoms with van der Waals surface area (Å²) in [5, 5.41) is 3.38. The minimum atomic E-state index is 0.597. The fourth-order valence-electron chi connectivity index (χ4n) is 2.03. The highest BCUT2D eigenvalue weighted by atomic mass is 79.9. The van der Waals surface area contributed by atoms with E-state index in [-0.39, 0.29) is 0 Å². The number of aromatic nitrogens is 1. The van der Waals surface area contributed by atoms with Gasteiger partial charge in [-0.1, -0.05) is 22.0 Å². The molecule has 112 valence electrons. The number of hydrogen-bond donors (Lipinski definition) is 1. The fourth-order valence-corrected chi connectivity index (χ4v) is 2.48. The van der Waals surface area contributed by atoms with Crippen LogP contribution in [-0.4, -0.2) is 18.7 Å². The molecule has 0 aliphatic rings. The maximum absolute atomic E-state index is 5.73. The number of methoxy groups -OCH3 is 1. The standard InChI is InChI=1S/C16H19BrN2O2/c1-3-21-16-13(14(17)7-8-15(16)20-2)11-18-10-12-6-4-5-9-19-12/h4-9,18H,3,10-11H2,1-2H3. The summed E-state index contributed by atoms with van der Waals surface area (Å²) in [5.41, 5.74) is 2.06. The number of ether oxygens (including phenoxy) is 2. The molecule has 4 nitrogen and oxygen atoms in total. The molecule has 0 bridgehead atoms. The van der Waals surface area contributed by atoms with E-state index >= 15 is 0 Å². The van der Waals surface area contributed by atoms with Crippen molar-refractivity contribution in [2.45, 2.75) is 20.0 Å². The second-order valence-corrected chi connectivity index (χ2v) is 5.27. The SMILES string of the molecule is CCOc1c(OC)ccc(Br)c1CNCc1ccccn1. The van der Waals surface area contributed by atoms with E-state index in [1.807, 2.05) is 37.3 Å². The lowest BCUT2D eigenvalue weighted by Crippen LogP contribution is -2.15. The lowest BCUT2D eigenvalue weighted by molar-refractivity contribution is 0.306. The molecule has 1 aromatic heterocycles. The first kappa shape index (κ1) is 15.8. The van der Waals surface area contributed by atoms with Crippen molar-refractivity contribution < 1.29 is 9.47 Å². The average Bonchev–Trinajstić information content (AvgIpc) is 2.51. The maximum Gasteiger partial charge on any atom is 0.166 e. The van der Waals surface area contributed by atoms with Crippen LogP contribution in [0.4, 0.5) is 0 Å². The average molecular weight is 351 g/mol. The van der Waals surface area contributed by atoms with E-state index in [1.165, 1.54) is 0 Å². The summed E-state index contributed by atoms with van der Waals surface area (Å²) in [6, 6.07) is 9.76. The van der Waals surface area contributed by atoms with E-state index in [9.17, 15) is 0 Å². The van der Waals surface area contributed by atoms with Gasteiger partial charge in [0.15, 0.2) is 11.5 Å². The van der Waals surface area contributed by atoms with E-state index in [2.05, 4.69) is 26.2 Å². The van der Waals surface area contributed by atoms with E-state index in [0.717, 1.165) is 27.2 Å². The van der Waals surface area contributed by atoms with Crippen LogP contribution in [-0.2, 0) is 13.1 Å². The van der Waals surface area contributed by atoms with Gasteiger partial charge in [0.1, 0.15) is 0 Å². The summed E-state index contributed by atoms with van der Waals surface area (Å²) in [7, 11) is 1.65. The van der Waals surface area contributed by atoms with E-state index in [0.29, 0.717) is 19.7 Å². The molecule has 0 radical (unpaired) electrons. The third-order valence-electron chi connectivity index (χ3n) is 3.01. The molecule has 1 heterocycles. The number of pyridine rings is 1. The lowest BCUT2D eigenvalue weighted by atomic mass is 10.1. The molecule has 2 aromatic rings. The molecule has 21 heavy (non-hydrogen) atoms. The Kier molecular flexibility index (Phi) is 6.02. The molecule has 0 aliphatic heterocycles. The normalized spacial score (nSPS) is 10.4. The first-order valence-electron chi connectivity index (χ1n) is 6.85. The Labute approximate surface area is 133 Å². The van der Waals surface area contributed by atoms with Crippen LogP contribution in [0.2, 0.25) is 0 Å². The molecule has 0 aliphatic carbocycles. The maximum atomic E-state index is 5.73. The Balaban J connectivity index is 2.11. The van der Waals surface area contributed by atoms with Crippen molar-refractivity contribution in [3.63, 3.8) is 0 Å². The number of nitrogens with zero attached hydrogens (tertiary/aromatic N) is 1. The van der Waals surface area contributed by atoms with Crippen molar-refractivity contribution in [2.75, 3.05) is 13.7 Å². The summed E-state index contributed by atoms with van der Waals surface area (Å²) >= 11 is 3.58. The number of nitrogens with one attached hydrogen (secondary N) is 1. The summed E-state index contributed by atoms with van der Waals surface area (Å²) < 4.78 is 12.1. The molecular weight excluding hydrogens is 332 g/mol. The minimum absolute atomic E-state index is 0.597. The second-order valence-electron chi connectivity index (χ2n) is 4.41. The van der Waals surface area contributed by atoms with Crippen molar-refractivity contribution in [1.29, 1.82) is 0 Å². The Morgan fingerprint density at radius 2 is 2.05 bits per heavy atom. The Hall–Kier alpha value is -1.59. The number of benzene rings is 1. The van der Waals surface area contributed by atoms with Gasteiger partial charge in [0.05, 0.1) is 19.4 Å². The highest BCUT2D eigenvalue weighted by molar-refractivity contribution is 9.10. The van der Waals surface area contributed by atoms with Gasteiger partial charge < -0.3 is 14.8 Å². The zero-order valence-electron chi connectivity index (χ0n) is 12.2. The van der Waals surface area contributed by atoms with Gasteiger partial charge in [0, 0.05) is 29.3 Å². The van der Waals surface area contributed by atoms with Crippen LogP contribution < -0.4 is 14.8 Å². The van der Waals surface area contributed by atoms with Gasteiger partial charge in [-0.3, -0.25) is 4.98 Å². The molecular formula is C16H19BrN2O2. The van der Waals surface area contributed by atoms with E-state index in [1.54, 1.807) is 13.3 Å². The van der Waals surface area contributed by atoms with Gasteiger partial charge in [-0.25, -0.2) is 0 Å². The predicted molar refractivity (Wildman–Crippen MR) is 86.6 cm³/mol. The van der Waals surface area contributed by atoms with Crippen molar-refractivity contribution in [3.8, 4) is 11.5 Å².